The Morgan fingerprint density at radius 2 is 1.60 bits per heavy atom. The van der Waals surface area contributed by atoms with Crippen LogP contribution < -0.4 is 14.8 Å². The normalized spacial score (nSPS) is 23.2. The molecule has 1 aromatic carbocycles. The highest BCUT2D eigenvalue weighted by Gasteiger charge is 2.43. The van der Waals surface area contributed by atoms with Gasteiger partial charge < -0.3 is 14.8 Å². The van der Waals surface area contributed by atoms with Gasteiger partial charge in [-0.15, -0.1) is 0 Å². The van der Waals surface area contributed by atoms with Crippen LogP contribution in [-0.4, -0.2) is 51.0 Å². The van der Waals surface area contributed by atoms with E-state index in [-0.39, 0.29) is 16.7 Å². The van der Waals surface area contributed by atoms with Gasteiger partial charge in [-0.3, -0.25) is 4.79 Å². The maximum Gasteiger partial charge on any atom is 0.243 e. The maximum absolute atomic E-state index is 13.1. The lowest BCUT2D eigenvalue weighted by Crippen LogP contribution is -2.46. The first-order valence-electron chi connectivity index (χ1n) is 11.2. The highest BCUT2D eigenvalue weighted by Crippen LogP contribution is 2.44. The summed E-state index contributed by atoms with van der Waals surface area (Å²) in [4.78, 5) is 13.0. The molecule has 0 atom stereocenters. The Morgan fingerprint density at radius 1 is 0.967 bits per heavy atom. The molecule has 1 aromatic rings. The van der Waals surface area contributed by atoms with Crippen LogP contribution in [0.15, 0.2) is 23.1 Å². The second-order valence-corrected chi connectivity index (χ2v) is 11.0. The molecule has 0 spiro atoms. The van der Waals surface area contributed by atoms with Gasteiger partial charge in [0.05, 0.1) is 18.1 Å². The molecule has 0 unspecified atom stereocenters. The topological polar surface area (TPSA) is 84.9 Å². The third-order valence-electron chi connectivity index (χ3n) is 6.75. The minimum absolute atomic E-state index is 0.0970. The molecule has 1 amide bonds. The Hall–Kier alpha value is -1.80. The maximum atomic E-state index is 13.1. The van der Waals surface area contributed by atoms with E-state index in [2.05, 4.69) is 5.32 Å². The Labute approximate surface area is 178 Å². The van der Waals surface area contributed by atoms with Crippen molar-refractivity contribution in [1.82, 2.24) is 9.62 Å². The molecule has 3 fully saturated rings. The van der Waals surface area contributed by atoms with Gasteiger partial charge in [-0.2, -0.15) is 4.31 Å². The number of rotatable bonds is 6. The van der Waals surface area contributed by atoms with Gasteiger partial charge in [0.25, 0.3) is 0 Å². The molecule has 164 valence electrons. The molecule has 4 aliphatic rings. The molecule has 1 N–H and O–H groups in total. The van der Waals surface area contributed by atoms with E-state index in [0.29, 0.717) is 68.5 Å². The average Bonchev–Trinajstić information content (AvgIpc) is 3.65. The fourth-order valence-electron chi connectivity index (χ4n) is 4.62. The third kappa shape index (κ3) is 4.17. The molecular formula is C22H30N2O5S. The van der Waals surface area contributed by atoms with Crippen LogP contribution in [0.1, 0.15) is 44.9 Å². The van der Waals surface area contributed by atoms with Gasteiger partial charge in [-0.1, -0.05) is 0 Å². The zero-order chi connectivity index (χ0) is 20.7. The lowest BCUT2D eigenvalue weighted by Gasteiger charge is -2.31. The number of sulfonamides is 1. The average molecular weight is 435 g/mol. The number of amides is 1. The highest BCUT2D eigenvalue weighted by molar-refractivity contribution is 7.89. The minimum atomic E-state index is -3.62. The Morgan fingerprint density at radius 3 is 2.23 bits per heavy atom. The minimum Gasteiger partial charge on any atom is -0.490 e. The third-order valence-corrected chi connectivity index (χ3v) is 8.64. The van der Waals surface area contributed by atoms with E-state index in [4.69, 9.17) is 9.47 Å². The fraction of sp³-hybridized carbons (Fsp3) is 0.682. The highest BCUT2D eigenvalue weighted by atomic mass is 32.2. The van der Waals surface area contributed by atoms with Gasteiger partial charge in [0, 0.05) is 37.5 Å². The molecule has 0 aromatic heterocycles. The van der Waals surface area contributed by atoms with Gasteiger partial charge in [0.1, 0.15) is 0 Å². The predicted octanol–water partition coefficient (Wildman–Crippen LogP) is 2.55. The number of benzene rings is 1. The van der Waals surface area contributed by atoms with Gasteiger partial charge in [0.15, 0.2) is 11.5 Å². The van der Waals surface area contributed by atoms with Crippen LogP contribution in [0, 0.1) is 17.8 Å². The Kier molecular flexibility index (Phi) is 5.39. The van der Waals surface area contributed by atoms with Crippen LogP contribution in [0.3, 0.4) is 0 Å². The SMILES string of the molecule is O=C(NC(C1CC1)C1CC1)C1CCN(S(=O)(=O)c2ccc3c(c2)OCCCO3)CC1. The molecule has 2 heterocycles. The second-order valence-electron chi connectivity index (χ2n) is 9.05. The molecule has 2 saturated carbocycles. The number of piperidine rings is 1. The van der Waals surface area contributed by atoms with Crippen molar-refractivity contribution in [2.75, 3.05) is 26.3 Å². The number of carbonyl (C=O) groups excluding carboxylic acids is 1. The van der Waals surface area contributed by atoms with Crippen molar-refractivity contribution in [3.05, 3.63) is 18.2 Å². The molecule has 0 radical (unpaired) electrons. The van der Waals surface area contributed by atoms with Crippen LogP contribution in [0.25, 0.3) is 0 Å². The Bertz CT molecular complexity index is 890. The van der Waals surface area contributed by atoms with E-state index in [9.17, 15) is 13.2 Å². The monoisotopic (exact) mass is 434 g/mol. The van der Waals surface area contributed by atoms with Gasteiger partial charge in [0.2, 0.25) is 15.9 Å². The molecule has 5 rings (SSSR count). The number of ether oxygens (including phenoxy) is 2. The van der Waals surface area contributed by atoms with Crippen LogP contribution in [0.2, 0.25) is 0 Å². The summed E-state index contributed by atoms with van der Waals surface area (Å²) in [5.41, 5.74) is 0. The van der Waals surface area contributed by atoms with Crippen LogP contribution in [-0.2, 0) is 14.8 Å². The summed E-state index contributed by atoms with van der Waals surface area (Å²) in [7, 11) is -3.62. The largest absolute Gasteiger partial charge is 0.490 e. The molecule has 0 bridgehead atoms. The smallest absolute Gasteiger partial charge is 0.243 e. The standard InChI is InChI=1S/C22H30N2O5S/c25-22(23-21(15-2-3-15)16-4-5-16)17-8-10-24(11-9-17)30(26,27)18-6-7-19-20(14-18)29-13-1-12-28-19/h6-7,14-17,21H,1-5,8-13H2,(H,23,25). The van der Waals surface area contributed by atoms with E-state index < -0.39 is 10.0 Å². The van der Waals surface area contributed by atoms with E-state index in [0.717, 1.165) is 6.42 Å². The van der Waals surface area contributed by atoms with Crippen molar-refractivity contribution in [3.63, 3.8) is 0 Å². The number of carbonyl (C=O) groups is 1. The summed E-state index contributed by atoms with van der Waals surface area (Å²) in [6, 6.07) is 5.16. The van der Waals surface area contributed by atoms with E-state index in [1.54, 1.807) is 18.2 Å². The lowest BCUT2D eigenvalue weighted by molar-refractivity contribution is -0.127. The van der Waals surface area contributed by atoms with E-state index in [1.807, 2.05) is 0 Å². The summed E-state index contributed by atoms with van der Waals surface area (Å²) < 4.78 is 39.0. The fourth-order valence-corrected chi connectivity index (χ4v) is 6.11. The molecule has 8 heteroatoms. The first-order valence-corrected chi connectivity index (χ1v) is 12.7. The molecule has 30 heavy (non-hydrogen) atoms. The molecular weight excluding hydrogens is 404 g/mol. The first kappa shape index (κ1) is 20.1. The second kappa shape index (κ2) is 8.04. The summed E-state index contributed by atoms with van der Waals surface area (Å²) >= 11 is 0. The van der Waals surface area contributed by atoms with E-state index >= 15 is 0 Å². The number of fused-ring (bicyclic) bond motifs is 1. The predicted molar refractivity (Wildman–Crippen MR) is 111 cm³/mol. The van der Waals surface area contributed by atoms with Crippen molar-refractivity contribution < 1.29 is 22.7 Å². The van der Waals surface area contributed by atoms with Gasteiger partial charge >= 0.3 is 0 Å². The van der Waals surface area contributed by atoms with Crippen molar-refractivity contribution in [2.24, 2.45) is 17.8 Å². The van der Waals surface area contributed by atoms with Crippen LogP contribution in [0.5, 0.6) is 11.5 Å². The van der Waals surface area contributed by atoms with E-state index in [1.165, 1.54) is 30.0 Å². The van der Waals surface area contributed by atoms with Gasteiger partial charge in [-0.05, 0) is 62.5 Å². The number of nitrogens with zero attached hydrogens (tertiary/aromatic N) is 1. The first-order chi connectivity index (χ1) is 14.5. The Balaban J connectivity index is 1.21. The quantitative estimate of drug-likeness (QED) is 0.744. The molecule has 1 saturated heterocycles. The summed E-state index contributed by atoms with van der Waals surface area (Å²) in [6.45, 7) is 1.81. The van der Waals surface area contributed by atoms with Crippen molar-refractivity contribution in [2.45, 2.75) is 55.9 Å². The lowest BCUT2D eigenvalue weighted by atomic mass is 9.96. The number of nitrogens with one attached hydrogen (secondary N) is 1. The molecule has 2 aliphatic heterocycles. The number of hydrogen-bond acceptors (Lipinski definition) is 5. The summed E-state index contributed by atoms with van der Waals surface area (Å²) in [5.74, 6) is 2.42. The summed E-state index contributed by atoms with van der Waals surface area (Å²) in [6.07, 6.45) is 6.83. The van der Waals surface area contributed by atoms with Crippen LogP contribution in [0.4, 0.5) is 0 Å². The zero-order valence-electron chi connectivity index (χ0n) is 17.2. The zero-order valence-corrected chi connectivity index (χ0v) is 18.0. The van der Waals surface area contributed by atoms with Crippen molar-refractivity contribution >= 4 is 15.9 Å². The van der Waals surface area contributed by atoms with Crippen molar-refractivity contribution in [1.29, 1.82) is 0 Å². The van der Waals surface area contributed by atoms with Gasteiger partial charge in [-0.25, -0.2) is 8.42 Å². The number of hydrogen-bond donors (Lipinski definition) is 1. The summed E-state index contributed by atoms with van der Waals surface area (Å²) in [5, 5.41) is 3.30. The van der Waals surface area contributed by atoms with Crippen LogP contribution >= 0.6 is 0 Å². The van der Waals surface area contributed by atoms with Crippen molar-refractivity contribution in [3.8, 4) is 11.5 Å². The molecule has 7 nitrogen and oxygen atoms in total. The molecule has 2 aliphatic carbocycles.